The van der Waals surface area contributed by atoms with Crippen molar-refractivity contribution in [1.82, 2.24) is 14.6 Å². The molecule has 1 aliphatic carbocycles. The van der Waals surface area contributed by atoms with Gasteiger partial charge in [-0.1, -0.05) is 13.8 Å². The predicted octanol–water partition coefficient (Wildman–Crippen LogP) is 2.10. The molecule has 5 nitrogen and oxygen atoms in total. The molecule has 2 aromatic rings. The molecule has 0 aliphatic heterocycles. The third kappa shape index (κ3) is 2.26. The third-order valence-electron chi connectivity index (χ3n) is 3.91. The number of anilines is 1. The van der Waals surface area contributed by atoms with E-state index in [0.717, 1.165) is 43.0 Å². The molecule has 0 fully saturated rings. The topological polar surface area (TPSA) is 68.2 Å². The summed E-state index contributed by atoms with van der Waals surface area (Å²) in [4.78, 5) is 4.78. The van der Waals surface area contributed by atoms with Gasteiger partial charge in [-0.15, -0.1) is 0 Å². The van der Waals surface area contributed by atoms with Crippen molar-refractivity contribution in [2.75, 3.05) is 18.4 Å². The van der Waals surface area contributed by atoms with Crippen LogP contribution in [0.25, 0.3) is 5.65 Å². The van der Waals surface area contributed by atoms with Crippen molar-refractivity contribution in [3.8, 4) is 0 Å². The zero-order valence-corrected chi connectivity index (χ0v) is 12.3. The van der Waals surface area contributed by atoms with Crippen LogP contribution in [-0.2, 0) is 12.8 Å². The summed E-state index contributed by atoms with van der Waals surface area (Å²) in [5.41, 5.74) is 10.2. The predicted molar refractivity (Wildman–Crippen MR) is 81.3 cm³/mol. The van der Waals surface area contributed by atoms with Crippen LogP contribution in [0.15, 0.2) is 6.07 Å². The average molecular weight is 273 g/mol. The van der Waals surface area contributed by atoms with Crippen LogP contribution in [0.1, 0.15) is 49.6 Å². The maximum absolute atomic E-state index is 5.59. The van der Waals surface area contributed by atoms with E-state index in [9.17, 15) is 0 Å². The van der Waals surface area contributed by atoms with E-state index in [1.165, 1.54) is 17.7 Å². The molecule has 1 aliphatic rings. The number of nitrogens with one attached hydrogen (secondary N) is 1. The van der Waals surface area contributed by atoms with Crippen LogP contribution >= 0.6 is 0 Å². The normalized spacial score (nSPS) is 14.2. The Morgan fingerprint density at radius 2 is 2.25 bits per heavy atom. The van der Waals surface area contributed by atoms with Crippen molar-refractivity contribution < 1.29 is 0 Å². The first-order valence-electron chi connectivity index (χ1n) is 7.56. The van der Waals surface area contributed by atoms with E-state index < -0.39 is 0 Å². The first-order chi connectivity index (χ1) is 9.70. The molecule has 0 radical (unpaired) electrons. The van der Waals surface area contributed by atoms with E-state index in [0.29, 0.717) is 12.5 Å². The van der Waals surface area contributed by atoms with Gasteiger partial charge in [0.05, 0.1) is 5.69 Å². The maximum Gasteiger partial charge on any atom is 0.157 e. The Morgan fingerprint density at radius 3 is 3.00 bits per heavy atom. The Morgan fingerprint density at radius 1 is 1.40 bits per heavy atom. The van der Waals surface area contributed by atoms with Crippen LogP contribution in [-0.4, -0.2) is 27.7 Å². The molecule has 2 aromatic heterocycles. The van der Waals surface area contributed by atoms with Crippen molar-refractivity contribution in [2.45, 2.75) is 45.4 Å². The average Bonchev–Trinajstić information content (AvgIpc) is 3.03. The van der Waals surface area contributed by atoms with Gasteiger partial charge in [-0.3, -0.25) is 0 Å². The lowest BCUT2D eigenvalue weighted by Gasteiger charge is -2.12. The van der Waals surface area contributed by atoms with Gasteiger partial charge in [0, 0.05) is 23.9 Å². The summed E-state index contributed by atoms with van der Waals surface area (Å²) in [6.45, 7) is 5.92. The summed E-state index contributed by atoms with van der Waals surface area (Å²) in [6, 6.07) is 2.11. The van der Waals surface area contributed by atoms with E-state index in [1.54, 1.807) is 0 Å². The molecule has 0 saturated heterocycles. The number of hydrogen-bond donors (Lipinski definition) is 2. The van der Waals surface area contributed by atoms with Crippen LogP contribution in [0.3, 0.4) is 0 Å². The minimum atomic E-state index is 0.420. The van der Waals surface area contributed by atoms with E-state index >= 15 is 0 Å². The van der Waals surface area contributed by atoms with Gasteiger partial charge in [0.1, 0.15) is 5.82 Å². The summed E-state index contributed by atoms with van der Waals surface area (Å²) < 4.78 is 1.98. The van der Waals surface area contributed by atoms with Gasteiger partial charge in [-0.2, -0.15) is 9.61 Å². The van der Waals surface area contributed by atoms with E-state index in [4.69, 9.17) is 15.8 Å². The van der Waals surface area contributed by atoms with Crippen LogP contribution in [0, 0.1) is 0 Å². The van der Waals surface area contributed by atoms with Gasteiger partial charge in [0.25, 0.3) is 0 Å². The Bertz CT molecular complexity index is 614. The molecule has 5 heteroatoms. The molecular formula is C15H23N5. The van der Waals surface area contributed by atoms with Gasteiger partial charge in [0.15, 0.2) is 5.65 Å². The number of nitrogens with zero attached hydrogens (tertiary/aromatic N) is 3. The third-order valence-corrected chi connectivity index (χ3v) is 3.91. The second-order valence-corrected chi connectivity index (χ2v) is 5.80. The molecule has 108 valence electrons. The largest absolute Gasteiger partial charge is 0.370 e. The first kappa shape index (κ1) is 13.4. The molecule has 20 heavy (non-hydrogen) atoms. The fraction of sp³-hybridized carbons (Fsp3) is 0.600. The van der Waals surface area contributed by atoms with Crippen LogP contribution in [0.2, 0.25) is 0 Å². The van der Waals surface area contributed by atoms with Gasteiger partial charge < -0.3 is 11.1 Å². The summed E-state index contributed by atoms with van der Waals surface area (Å²) in [5.74, 6) is 1.55. The lowest BCUT2D eigenvalue weighted by molar-refractivity contribution is 0.779. The monoisotopic (exact) mass is 273 g/mol. The molecule has 0 amide bonds. The van der Waals surface area contributed by atoms with E-state index in [-0.39, 0.29) is 0 Å². The zero-order chi connectivity index (χ0) is 14.1. The molecule has 0 bridgehead atoms. The van der Waals surface area contributed by atoms with Gasteiger partial charge >= 0.3 is 0 Å². The van der Waals surface area contributed by atoms with Crippen molar-refractivity contribution in [3.05, 3.63) is 23.0 Å². The zero-order valence-electron chi connectivity index (χ0n) is 12.3. The Labute approximate surface area is 119 Å². The highest BCUT2D eigenvalue weighted by Gasteiger charge is 2.21. The molecule has 3 N–H and O–H groups in total. The minimum absolute atomic E-state index is 0.420. The lowest BCUT2D eigenvalue weighted by atomic mass is 10.1. The Hall–Kier alpha value is -1.62. The molecule has 2 heterocycles. The van der Waals surface area contributed by atoms with Crippen molar-refractivity contribution in [2.24, 2.45) is 5.73 Å². The smallest absolute Gasteiger partial charge is 0.157 e. The van der Waals surface area contributed by atoms with Gasteiger partial charge in [0.2, 0.25) is 0 Å². The fourth-order valence-corrected chi connectivity index (χ4v) is 2.78. The van der Waals surface area contributed by atoms with Crippen molar-refractivity contribution in [3.63, 3.8) is 0 Å². The highest BCUT2D eigenvalue weighted by Crippen LogP contribution is 2.29. The number of nitrogens with two attached hydrogens (primary N) is 1. The minimum Gasteiger partial charge on any atom is -0.370 e. The lowest BCUT2D eigenvalue weighted by Crippen LogP contribution is -2.14. The Balaban J connectivity index is 2.07. The van der Waals surface area contributed by atoms with Gasteiger partial charge in [-0.25, -0.2) is 4.98 Å². The van der Waals surface area contributed by atoms with E-state index in [2.05, 4.69) is 25.2 Å². The molecule has 0 atom stereocenters. The number of rotatable bonds is 5. The van der Waals surface area contributed by atoms with Crippen molar-refractivity contribution in [1.29, 1.82) is 0 Å². The molecule has 0 spiro atoms. The maximum atomic E-state index is 5.59. The highest BCUT2D eigenvalue weighted by atomic mass is 15.3. The molecule has 0 unspecified atom stereocenters. The summed E-state index contributed by atoms with van der Waals surface area (Å²) in [5, 5.41) is 8.25. The summed E-state index contributed by atoms with van der Waals surface area (Å²) >= 11 is 0. The second-order valence-electron chi connectivity index (χ2n) is 5.80. The highest BCUT2D eigenvalue weighted by molar-refractivity contribution is 5.57. The quantitative estimate of drug-likeness (QED) is 0.819. The molecular weight excluding hydrogens is 250 g/mol. The first-order valence-corrected chi connectivity index (χ1v) is 7.56. The number of fused-ring (bicyclic) bond motifs is 2. The fourth-order valence-electron chi connectivity index (χ4n) is 2.78. The van der Waals surface area contributed by atoms with Crippen LogP contribution < -0.4 is 11.1 Å². The number of hydrogen-bond acceptors (Lipinski definition) is 4. The number of aromatic nitrogens is 3. The molecule has 0 aromatic carbocycles. The summed E-state index contributed by atoms with van der Waals surface area (Å²) in [7, 11) is 0. The standard InChI is InChI=1S/C15H23N5/c1-10(2)13-9-14-18-12-6-3-5-11(12)15(20(14)19-13)17-8-4-7-16/h9-10,17H,3-8,16H2,1-2H3. The SMILES string of the molecule is CC(C)c1cc2nc3c(c(NCCCN)n2n1)CCC3. The number of aryl methyl sites for hydroxylation is 1. The van der Waals surface area contributed by atoms with Crippen LogP contribution in [0.5, 0.6) is 0 Å². The molecule has 0 saturated carbocycles. The summed E-state index contributed by atoms with van der Waals surface area (Å²) in [6.07, 6.45) is 4.34. The van der Waals surface area contributed by atoms with Gasteiger partial charge in [-0.05, 0) is 38.1 Å². The second kappa shape index (κ2) is 5.40. The van der Waals surface area contributed by atoms with Crippen molar-refractivity contribution >= 4 is 11.5 Å². The molecule has 3 rings (SSSR count). The Kier molecular flexibility index (Phi) is 3.61. The van der Waals surface area contributed by atoms with E-state index in [1.807, 2.05) is 4.52 Å². The van der Waals surface area contributed by atoms with Crippen LogP contribution in [0.4, 0.5) is 5.82 Å².